The molecule has 0 bridgehead atoms. The minimum Gasteiger partial charge on any atom is -0.330 e. The predicted octanol–water partition coefficient (Wildman–Crippen LogP) is 2.02. The van der Waals surface area contributed by atoms with E-state index in [-0.39, 0.29) is 0 Å². The third-order valence-corrected chi connectivity index (χ3v) is 2.81. The summed E-state index contributed by atoms with van der Waals surface area (Å²) in [6, 6.07) is 0. The van der Waals surface area contributed by atoms with Gasteiger partial charge in [0.2, 0.25) is 0 Å². The molecule has 0 saturated heterocycles. The summed E-state index contributed by atoms with van der Waals surface area (Å²) in [6.07, 6.45) is 2.75. The lowest BCUT2D eigenvalue weighted by atomic mass is 10.00. The SMILES string of the molecule is CC(CN)CC1CC1(C)C. The smallest absolute Gasteiger partial charge is 0.00514 e. The van der Waals surface area contributed by atoms with Gasteiger partial charge in [0.05, 0.1) is 0 Å². The second-order valence-electron chi connectivity index (χ2n) is 4.47. The van der Waals surface area contributed by atoms with Gasteiger partial charge in [-0.15, -0.1) is 0 Å². The zero-order valence-corrected chi connectivity index (χ0v) is 7.35. The quantitative estimate of drug-likeness (QED) is 0.639. The zero-order chi connectivity index (χ0) is 7.78. The number of rotatable bonds is 3. The largest absolute Gasteiger partial charge is 0.330 e. The van der Waals surface area contributed by atoms with Gasteiger partial charge in [0.1, 0.15) is 0 Å². The minimum atomic E-state index is 0.642. The van der Waals surface area contributed by atoms with Crippen LogP contribution >= 0.6 is 0 Å². The van der Waals surface area contributed by atoms with Crippen LogP contribution in [0.15, 0.2) is 0 Å². The maximum absolute atomic E-state index is 5.54. The third-order valence-electron chi connectivity index (χ3n) is 2.81. The molecular formula is C9H19N. The van der Waals surface area contributed by atoms with E-state index >= 15 is 0 Å². The molecule has 0 amide bonds. The molecule has 0 aromatic heterocycles. The fraction of sp³-hybridized carbons (Fsp3) is 1.00. The molecule has 2 unspecified atom stereocenters. The first-order valence-corrected chi connectivity index (χ1v) is 4.26. The van der Waals surface area contributed by atoms with Crippen LogP contribution in [-0.4, -0.2) is 6.54 Å². The van der Waals surface area contributed by atoms with Crippen LogP contribution in [0, 0.1) is 17.3 Å². The highest BCUT2D eigenvalue weighted by atomic mass is 14.6. The Morgan fingerprint density at radius 1 is 1.60 bits per heavy atom. The molecule has 0 spiro atoms. The second-order valence-corrected chi connectivity index (χ2v) is 4.47. The van der Waals surface area contributed by atoms with E-state index in [2.05, 4.69) is 20.8 Å². The molecule has 1 aliphatic carbocycles. The van der Waals surface area contributed by atoms with Crippen LogP contribution in [0.4, 0.5) is 0 Å². The van der Waals surface area contributed by atoms with Gasteiger partial charge in [0.25, 0.3) is 0 Å². The molecule has 1 saturated carbocycles. The topological polar surface area (TPSA) is 26.0 Å². The maximum Gasteiger partial charge on any atom is -0.00514 e. The van der Waals surface area contributed by atoms with Crippen LogP contribution < -0.4 is 5.73 Å². The van der Waals surface area contributed by atoms with Gasteiger partial charge in [0.15, 0.2) is 0 Å². The van der Waals surface area contributed by atoms with Crippen molar-refractivity contribution in [1.82, 2.24) is 0 Å². The lowest BCUT2D eigenvalue weighted by Crippen LogP contribution is -2.12. The highest BCUT2D eigenvalue weighted by molar-refractivity contribution is 4.95. The van der Waals surface area contributed by atoms with E-state index in [0.29, 0.717) is 5.41 Å². The molecule has 2 N–H and O–H groups in total. The van der Waals surface area contributed by atoms with E-state index < -0.39 is 0 Å². The third kappa shape index (κ3) is 1.72. The first kappa shape index (κ1) is 8.06. The monoisotopic (exact) mass is 141 g/mol. The van der Waals surface area contributed by atoms with E-state index in [1.807, 2.05) is 0 Å². The Balaban J connectivity index is 2.17. The molecule has 10 heavy (non-hydrogen) atoms. The van der Waals surface area contributed by atoms with E-state index in [1.54, 1.807) is 0 Å². The first-order chi connectivity index (χ1) is 4.56. The molecule has 0 aliphatic heterocycles. The van der Waals surface area contributed by atoms with E-state index in [4.69, 9.17) is 5.73 Å². The zero-order valence-electron chi connectivity index (χ0n) is 7.35. The summed E-state index contributed by atoms with van der Waals surface area (Å²) in [5, 5.41) is 0. The molecule has 1 aliphatic rings. The molecule has 0 aromatic carbocycles. The van der Waals surface area contributed by atoms with Gasteiger partial charge in [0, 0.05) is 0 Å². The predicted molar refractivity (Wildman–Crippen MR) is 44.7 cm³/mol. The van der Waals surface area contributed by atoms with Crippen molar-refractivity contribution in [3.05, 3.63) is 0 Å². The van der Waals surface area contributed by atoms with E-state index in [1.165, 1.54) is 12.8 Å². The van der Waals surface area contributed by atoms with Crippen LogP contribution in [0.3, 0.4) is 0 Å². The standard InChI is InChI=1S/C9H19N/c1-7(6-10)4-8-5-9(8,2)3/h7-8H,4-6,10H2,1-3H3. The molecule has 1 rings (SSSR count). The van der Waals surface area contributed by atoms with Crippen molar-refractivity contribution in [2.24, 2.45) is 23.0 Å². The average molecular weight is 141 g/mol. The lowest BCUT2D eigenvalue weighted by Gasteiger charge is -2.08. The highest BCUT2D eigenvalue weighted by Gasteiger charge is 2.45. The van der Waals surface area contributed by atoms with E-state index in [0.717, 1.165) is 18.4 Å². The van der Waals surface area contributed by atoms with E-state index in [9.17, 15) is 0 Å². The average Bonchev–Trinajstić information content (AvgIpc) is 2.40. The number of nitrogens with two attached hydrogens (primary N) is 1. The first-order valence-electron chi connectivity index (χ1n) is 4.26. The van der Waals surface area contributed by atoms with Crippen molar-refractivity contribution in [2.75, 3.05) is 6.54 Å². The number of hydrogen-bond acceptors (Lipinski definition) is 1. The van der Waals surface area contributed by atoms with Gasteiger partial charge >= 0.3 is 0 Å². The Hall–Kier alpha value is -0.0400. The van der Waals surface area contributed by atoms with Crippen molar-refractivity contribution in [3.8, 4) is 0 Å². The summed E-state index contributed by atoms with van der Waals surface area (Å²) < 4.78 is 0. The van der Waals surface area contributed by atoms with Gasteiger partial charge in [-0.05, 0) is 36.6 Å². The summed E-state index contributed by atoms with van der Waals surface area (Å²) in [5.74, 6) is 1.69. The van der Waals surface area contributed by atoms with Gasteiger partial charge in [-0.1, -0.05) is 20.8 Å². The summed E-state index contributed by atoms with van der Waals surface area (Å²) in [7, 11) is 0. The maximum atomic E-state index is 5.54. The molecule has 1 heteroatoms. The van der Waals surface area contributed by atoms with Gasteiger partial charge in [-0.3, -0.25) is 0 Å². The summed E-state index contributed by atoms with van der Waals surface area (Å²) >= 11 is 0. The summed E-state index contributed by atoms with van der Waals surface area (Å²) in [5.41, 5.74) is 6.18. The van der Waals surface area contributed by atoms with Crippen LogP contribution in [0.2, 0.25) is 0 Å². The van der Waals surface area contributed by atoms with Crippen molar-refractivity contribution < 1.29 is 0 Å². The number of hydrogen-bond donors (Lipinski definition) is 1. The van der Waals surface area contributed by atoms with Gasteiger partial charge < -0.3 is 5.73 Å². The Labute approximate surface area is 64.0 Å². The minimum absolute atomic E-state index is 0.642. The van der Waals surface area contributed by atoms with Crippen molar-refractivity contribution in [1.29, 1.82) is 0 Å². The fourth-order valence-corrected chi connectivity index (χ4v) is 1.56. The molecule has 0 radical (unpaired) electrons. The Bertz CT molecular complexity index is 118. The van der Waals surface area contributed by atoms with Crippen molar-refractivity contribution >= 4 is 0 Å². The van der Waals surface area contributed by atoms with Crippen LogP contribution in [0.5, 0.6) is 0 Å². The van der Waals surface area contributed by atoms with Crippen LogP contribution in [0.1, 0.15) is 33.6 Å². The fourth-order valence-electron chi connectivity index (χ4n) is 1.56. The molecule has 60 valence electrons. The Kier molecular flexibility index (Phi) is 2.04. The van der Waals surface area contributed by atoms with Crippen LogP contribution in [-0.2, 0) is 0 Å². The molecule has 0 heterocycles. The molecule has 0 aromatic rings. The highest BCUT2D eigenvalue weighted by Crippen LogP contribution is 2.54. The van der Waals surface area contributed by atoms with Crippen LogP contribution in [0.25, 0.3) is 0 Å². The Morgan fingerprint density at radius 3 is 2.40 bits per heavy atom. The Morgan fingerprint density at radius 2 is 2.10 bits per heavy atom. The summed E-state index contributed by atoms with van der Waals surface area (Å²) in [6.45, 7) is 7.79. The molecular weight excluding hydrogens is 122 g/mol. The van der Waals surface area contributed by atoms with Gasteiger partial charge in [-0.2, -0.15) is 0 Å². The molecule has 1 nitrogen and oxygen atoms in total. The molecule has 1 fully saturated rings. The lowest BCUT2D eigenvalue weighted by molar-refractivity contribution is 0.444. The summed E-state index contributed by atoms with van der Waals surface area (Å²) in [4.78, 5) is 0. The second kappa shape index (κ2) is 2.54. The van der Waals surface area contributed by atoms with Crippen molar-refractivity contribution in [2.45, 2.75) is 33.6 Å². The van der Waals surface area contributed by atoms with Gasteiger partial charge in [-0.25, -0.2) is 0 Å². The normalized spacial score (nSPS) is 31.8. The molecule has 2 atom stereocenters. The van der Waals surface area contributed by atoms with Crippen molar-refractivity contribution in [3.63, 3.8) is 0 Å².